The predicted octanol–water partition coefficient (Wildman–Crippen LogP) is 3.99. The first kappa shape index (κ1) is 18.8. The van der Waals surface area contributed by atoms with Crippen LogP contribution in [0.1, 0.15) is 27.9 Å². The minimum atomic E-state index is -0.331. The number of aryl methyl sites for hydroxylation is 1. The number of rotatable bonds is 4. The van der Waals surface area contributed by atoms with Crippen LogP contribution >= 0.6 is 0 Å². The van der Waals surface area contributed by atoms with Crippen LogP contribution in [-0.4, -0.2) is 23.3 Å². The molecule has 0 aliphatic carbocycles. The highest BCUT2D eigenvalue weighted by Gasteiger charge is 2.24. The van der Waals surface area contributed by atoms with Crippen LogP contribution in [0, 0.1) is 5.82 Å². The van der Waals surface area contributed by atoms with E-state index in [1.165, 1.54) is 12.1 Å². The minimum absolute atomic E-state index is 0.103. The monoisotopic (exact) mass is 389 g/mol. The Hall–Kier alpha value is -3.54. The Bertz CT molecular complexity index is 1040. The molecule has 4 rings (SSSR count). The average molecular weight is 389 g/mol. The van der Waals surface area contributed by atoms with Crippen LogP contribution in [0.15, 0.2) is 67.0 Å². The molecule has 1 aliphatic heterocycles. The molecular formula is C23H20FN3O2. The molecule has 3 aromatic rings. The Balaban J connectivity index is 1.52. The van der Waals surface area contributed by atoms with Crippen LogP contribution in [0.5, 0.6) is 0 Å². The molecule has 0 saturated heterocycles. The number of amides is 2. The van der Waals surface area contributed by atoms with E-state index in [9.17, 15) is 14.0 Å². The Morgan fingerprint density at radius 2 is 1.93 bits per heavy atom. The van der Waals surface area contributed by atoms with Gasteiger partial charge in [0.2, 0.25) is 5.91 Å². The number of hydrogen-bond acceptors (Lipinski definition) is 3. The highest BCUT2D eigenvalue weighted by molar-refractivity contribution is 6.07. The average Bonchev–Trinajstić information content (AvgIpc) is 2.75. The van der Waals surface area contributed by atoms with Crippen LogP contribution in [0.3, 0.4) is 0 Å². The quantitative estimate of drug-likeness (QED) is 0.734. The number of fused-ring (bicyclic) bond motifs is 1. The van der Waals surface area contributed by atoms with Crippen LogP contribution < -0.4 is 10.2 Å². The number of anilines is 2. The van der Waals surface area contributed by atoms with E-state index in [-0.39, 0.29) is 24.1 Å². The summed E-state index contributed by atoms with van der Waals surface area (Å²) in [7, 11) is 0. The van der Waals surface area contributed by atoms with Crippen LogP contribution in [0.25, 0.3) is 0 Å². The Morgan fingerprint density at radius 1 is 1.10 bits per heavy atom. The van der Waals surface area contributed by atoms with E-state index in [0.29, 0.717) is 17.8 Å². The molecule has 146 valence electrons. The molecule has 0 spiro atoms. The largest absolute Gasteiger partial charge is 0.326 e. The van der Waals surface area contributed by atoms with E-state index in [0.717, 1.165) is 29.7 Å². The number of nitrogens with one attached hydrogen (secondary N) is 1. The number of benzene rings is 2. The van der Waals surface area contributed by atoms with Gasteiger partial charge in [-0.3, -0.25) is 14.6 Å². The highest BCUT2D eigenvalue weighted by Crippen LogP contribution is 2.31. The summed E-state index contributed by atoms with van der Waals surface area (Å²) >= 11 is 0. The smallest absolute Gasteiger partial charge is 0.259 e. The molecule has 0 radical (unpaired) electrons. The Labute approximate surface area is 168 Å². The van der Waals surface area contributed by atoms with Crippen LogP contribution in [0.4, 0.5) is 15.8 Å². The first-order chi connectivity index (χ1) is 14.1. The standard InChI is InChI=1S/C23H20FN3O2/c24-19-8-5-16(6-9-19)13-22(28)26-20-10-7-17-4-2-12-27(21(17)14-20)23(29)18-3-1-11-25-15-18/h1,3,5-11,14-15H,2,4,12-13H2,(H,26,28). The van der Waals surface area contributed by atoms with Gasteiger partial charge in [-0.2, -0.15) is 0 Å². The molecule has 2 aromatic carbocycles. The first-order valence-electron chi connectivity index (χ1n) is 9.49. The van der Waals surface area contributed by atoms with Crippen molar-refractivity contribution in [3.05, 3.63) is 89.5 Å². The Kier molecular flexibility index (Phi) is 5.33. The molecule has 2 heterocycles. The molecule has 29 heavy (non-hydrogen) atoms. The summed E-state index contributed by atoms with van der Waals surface area (Å²) in [6, 6.07) is 15.0. The maximum Gasteiger partial charge on any atom is 0.259 e. The van der Waals surface area contributed by atoms with Gasteiger partial charge in [0.25, 0.3) is 5.91 Å². The molecule has 6 heteroatoms. The van der Waals surface area contributed by atoms with Crippen LogP contribution in [0.2, 0.25) is 0 Å². The fourth-order valence-corrected chi connectivity index (χ4v) is 3.50. The van der Waals surface area contributed by atoms with Gasteiger partial charge in [-0.15, -0.1) is 0 Å². The number of nitrogens with zero attached hydrogens (tertiary/aromatic N) is 2. The van der Waals surface area contributed by atoms with E-state index in [4.69, 9.17) is 0 Å². The van der Waals surface area contributed by atoms with Crippen molar-refractivity contribution in [2.45, 2.75) is 19.3 Å². The third-order valence-corrected chi connectivity index (χ3v) is 4.92. The first-order valence-corrected chi connectivity index (χ1v) is 9.49. The molecule has 1 aromatic heterocycles. The van der Waals surface area contributed by atoms with Crippen molar-refractivity contribution in [2.75, 3.05) is 16.8 Å². The second-order valence-electron chi connectivity index (χ2n) is 7.00. The number of carbonyl (C=O) groups is 2. The lowest BCUT2D eigenvalue weighted by atomic mass is 10.00. The second-order valence-corrected chi connectivity index (χ2v) is 7.00. The third kappa shape index (κ3) is 4.32. The molecule has 0 saturated carbocycles. The van der Waals surface area contributed by atoms with Gasteiger partial charge in [0.1, 0.15) is 5.82 Å². The SMILES string of the molecule is O=C(Cc1ccc(F)cc1)Nc1ccc2c(c1)N(C(=O)c1cccnc1)CCC2. The second kappa shape index (κ2) is 8.22. The van der Waals surface area contributed by atoms with Gasteiger partial charge in [-0.05, 0) is 60.4 Å². The minimum Gasteiger partial charge on any atom is -0.326 e. The number of pyridine rings is 1. The van der Waals surface area contributed by atoms with E-state index < -0.39 is 0 Å². The van der Waals surface area contributed by atoms with E-state index >= 15 is 0 Å². The van der Waals surface area contributed by atoms with Gasteiger partial charge in [0.15, 0.2) is 0 Å². The van der Waals surface area contributed by atoms with Crippen molar-refractivity contribution in [2.24, 2.45) is 0 Å². The van der Waals surface area contributed by atoms with Gasteiger partial charge in [-0.1, -0.05) is 18.2 Å². The fourth-order valence-electron chi connectivity index (χ4n) is 3.50. The zero-order chi connectivity index (χ0) is 20.2. The topological polar surface area (TPSA) is 62.3 Å². The maximum atomic E-state index is 13.0. The van der Waals surface area contributed by atoms with Crippen molar-refractivity contribution >= 4 is 23.2 Å². The van der Waals surface area contributed by atoms with Crippen molar-refractivity contribution in [1.29, 1.82) is 0 Å². The molecule has 5 nitrogen and oxygen atoms in total. The molecule has 2 amide bonds. The predicted molar refractivity (Wildman–Crippen MR) is 109 cm³/mol. The van der Waals surface area contributed by atoms with Gasteiger partial charge in [0, 0.05) is 30.3 Å². The lowest BCUT2D eigenvalue weighted by molar-refractivity contribution is -0.115. The Morgan fingerprint density at radius 3 is 2.69 bits per heavy atom. The molecule has 0 bridgehead atoms. The maximum absolute atomic E-state index is 13.0. The summed E-state index contributed by atoms with van der Waals surface area (Å²) in [4.78, 5) is 31.1. The highest BCUT2D eigenvalue weighted by atomic mass is 19.1. The lowest BCUT2D eigenvalue weighted by Gasteiger charge is -2.30. The van der Waals surface area contributed by atoms with Gasteiger partial charge >= 0.3 is 0 Å². The number of aromatic nitrogens is 1. The summed E-state index contributed by atoms with van der Waals surface area (Å²) < 4.78 is 13.0. The molecular weight excluding hydrogens is 369 g/mol. The molecule has 0 unspecified atom stereocenters. The molecule has 1 N–H and O–H groups in total. The molecule has 0 atom stereocenters. The van der Waals surface area contributed by atoms with Crippen molar-refractivity contribution < 1.29 is 14.0 Å². The van der Waals surface area contributed by atoms with E-state index in [1.54, 1.807) is 41.6 Å². The van der Waals surface area contributed by atoms with Crippen molar-refractivity contribution in [1.82, 2.24) is 4.98 Å². The zero-order valence-corrected chi connectivity index (χ0v) is 15.8. The number of carbonyl (C=O) groups excluding carboxylic acids is 2. The fraction of sp³-hybridized carbons (Fsp3) is 0.174. The normalized spacial score (nSPS) is 12.9. The summed E-state index contributed by atoms with van der Waals surface area (Å²) in [5.74, 6) is -0.631. The lowest BCUT2D eigenvalue weighted by Crippen LogP contribution is -2.35. The number of halogens is 1. The molecule has 0 fully saturated rings. The van der Waals surface area contributed by atoms with E-state index in [1.807, 2.05) is 18.2 Å². The van der Waals surface area contributed by atoms with Crippen LogP contribution in [-0.2, 0) is 17.6 Å². The van der Waals surface area contributed by atoms with E-state index in [2.05, 4.69) is 10.3 Å². The van der Waals surface area contributed by atoms with Crippen molar-refractivity contribution in [3.63, 3.8) is 0 Å². The summed E-state index contributed by atoms with van der Waals surface area (Å²) in [5.41, 5.74) is 3.78. The summed E-state index contributed by atoms with van der Waals surface area (Å²) in [6.07, 6.45) is 5.11. The van der Waals surface area contributed by atoms with Gasteiger partial charge in [0.05, 0.1) is 12.0 Å². The molecule has 1 aliphatic rings. The third-order valence-electron chi connectivity index (χ3n) is 4.92. The van der Waals surface area contributed by atoms with Gasteiger partial charge in [-0.25, -0.2) is 4.39 Å². The summed E-state index contributed by atoms with van der Waals surface area (Å²) in [6.45, 7) is 0.619. The van der Waals surface area contributed by atoms with Crippen molar-refractivity contribution in [3.8, 4) is 0 Å². The number of hydrogen-bond donors (Lipinski definition) is 1. The van der Waals surface area contributed by atoms with Gasteiger partial charge < -0.3 is 10.2 Å². The summed E-state index contributed by atoms with van der Waals surface area (Å²) in [5, 5.41) is 2.87. The zero-order valence-electron chi connectivity index (χ0n) is 15.8.